The van der Waals surface area contributed by atoms with E-state index in [1.54, 1.807) is 26.6 Å². The van der Waals surface area contributed by atoms with E-state index in [9.17, 15) is 4.57 Å². The number of likely N-dealkylation sites (N-methyl/N-ethyl adjacent to an activating group) is 1. The monoisotopic (exact) mass is 665 g/mol. The number of benzene rings is 2. The summed E-state index contributed by atoms with van der Waals surface area (Å²) in [4.78, 5) is 17.1. The fraction of sp³-hybridized carbons (Fsp3) is 0.543. The maximum atomic E-state index is 13.3. The van der Waals surface area contributed by atoms with Crippen LogP contribution in [-0.2, 0) is 11.0 Å². The molecule has 3 aliphatic heterocycles. The lowest BCUT2D eigenvalue weighted by atomic mass is 9.98. The Morgan fingerprint density at radius 1 is 1.00 bits per heavy atom. The first-order valence-electron chi connectivity index (χ1n) is 16.6. The van der Waals surface area contributed by atoms with E-state index in [2.05, 4.69) is 56.4 Å². The van der Waals surface area contributed by atoms with Gasteiger partial charge in [0, 0.05) is 61.4 Å². The lowest BCUT2D eigenvalue weighted by Gasteiger charge is -2.46. The zero-order chi connectivity index (χ0) is 32.7. The van der Waals surface area contributed by atoms with E-state index >= 15 is 0 Å². The molecular formula is C35H49ClN7O2P. The fourth-order valence-corrected chi connectivity index (χ4v) is 9.57. The highest BCUT2D eigenvalue weighted by Crippen LogP contribution is 2.42. The lowest BCUT2D eigenvalue weighted by Crippen LogP contribution is -2.56. The van der Waals surface area contributed by atoms with Gasteiger partial charge in [-0.3, -0.25) is 9.80 Å². The number of rotatable bonds is 9. The second-order valence-electron chi connectivity index (χ2n) is 13.7. The summed E-state index contributed by atoms with van der Waals surface area (Å²) >= 11 is 6.56. The van der Waals surface area contributed by atoms with Gasteiger partial charge in [0.25, 0.3) is 0 Å². The smallest absolute Gasteiger partial charge is 0.229 e. The third-order valence-electron chi connectivity index (χ3n) is 10.5. The Labute approximate surface area is 279 Å². The number of likely N-dealkylation sites (tertiary alicyclic amines) is 1. The normalized spacial score (nSPS) is 21.1. The van der Waals surface area contributed by atoms with Crippen molar-refractivity contribution in [2.45, 2.75) is 71.0 Å². The van der Waals surface area contributed by atoms with Crippen LogP contribution in [0.5, 0.6) is 5.75 Å². The number of methoxy groups -OCH3 is 1. The van der Waals surface area contributed by atoms with Gasteiger partial charge < -0.3 is 24.8 Å². The summed E-state index contributed by atoms with van der Waals surface area (Å²) in [6.07, 6.45) is 7.56. The van der Waals surface area contributed by atoms with Gasteiger partial charge in [0.05, 0.1) is 24.7 Å². The molecule has 4 heterocycles. The molecule has 6 rings (SSSR count). The van der Waals surface area contributed by atoms with E-state index in [1.165, 1.54) is 50.0 Å². The van der Waals surface area contributed by atoms with Crippen LogP contribution in [0.15, 0.2) is 30.5 Å². The van der Waals surface area contributed by atoms with Crippen LogP contribution in [-0.4, -0.2) is 91.6 Å². The van der Waals surface area contributed by atoms with Crippen molar-refractivity contribution in [1.29, 1.82) is 0 Å². The summed E-state index contributed by atoms with van der Waals surface area (Å²) in [5.74, 6) is 1.58. The summed E-state index contributed by atoms with van der Waals surface area (Å²) in [6, 6.07) is 10.4. The van der Waals surface area contributed by atoms with Crippen molar-refractivity contribution in [1.82, 2.24) is 19.8 Å². The second kappa shape index (κ2) is 13.3. The number of aryl methyl sites for hydroxylation is 2. The van der Waals surface area contributed by atoms with Gasteiger partial charge in [-0.05, 0) is 95.2 Å². The molecule has 0 radical (unpaired) electrons. The van der Waals surface area contributed by atoms with E-state index in [0.29, 0.717) is 22.8 Å². The van der Waals surface area contributed by atoms with Gasteiger partial charge in [-0.2, -0.15) is 4.98 Å². The number of nitrogens with one attached hydrogen (secondary N) is 2. The Morgan fingerprint density at radius 3 is 2.33 bits per heavy atom. The van der Waals surface area contributed by atoms with Gasteiger partial charge in [0.1, 0.15) is 17.9 Å². The first-order chi connectivity index (χ1) is 22.0. The van der Waals surface area contributed by atoms with Crippen LogP contribution in [0.3, 0.4) is 0 Å². The van der Waals surface area contributed by atoms with Gasteiger partial charge in [-0.1, -0.05) is 24.6 Å². The second-order valence-corrected chi connectivity index (χ2v) is 17.2. The van der Waals surface area contributed by atoms with Crippen molar-refractivity contribution in [2.24, 2.45) is 0 Å². The van der Waals surface area contributed by atoms with E-state index in [0.717, 1.165) is 65.1 Å². The van der Waals surface area contributed by atoms with Crippen molar-refractivity contribution in [2.75, 3.05) is 69.2 Å². The van der Waals surface area contributed by atoms with Gasteiger partial charge >= 0.3 is 0 Å². The fourth-order valence-electron chi connectivity index (χ4n) is 7.73. The summed E-state index contributed by atoms with van der Waals surface area (Å²) in [7, 11) is 1.44. The Kier molecular flexibility index (Phi) is 9.60. The molecule has 3 saturated heterocycles. The number of piperidine rings is 1. The number of ether oxygens (including phenoxy) is 1. The number of piperazine rings is 1. The lowest BCUT2D eigenvalue weighted by molar-refractivity contribution is 0.0495. The van der Waals surface area contributed by atoms with Gasteiger partial charge in [-0.15, -0.1) is 0 Å². The van der Waals surface area contributed by atoms with Crippen molar-refractivity contribution < 1.29 is 9.30 Å². The van der Waals surface area contributed by atoms with Gasteiger partial charge in [-0.25, -0.2) is 4.98 Å². The van der Waals surface area contributed by atoms with Crippen molar-refractivity contribution in [3.8, 4) is 5.75 Å². The molecule has 2 unspecified atom stereocenters. The first kappa shape index (κ1) is 33.1. The Bertz CT molecular complexity index is 1620. The maximum absolute atomic E-state index is 13.3. The molecule has 3 aliphatic rings. The van der Waals surface area contributed by atoms with E-state index in [-0.39, 0.29) is 0 Å². The third kappa shape index (κ3) is 6.62. The Hall–Kier alpha value is -2.84. The molecule has 248 valence electrons. The molecule has 0 saturated carbocycles. The van der Waals surface area contributed by atoms with Crippen LogP contribution in [0.2, 0.25) is 5.02 Å². The number of aromatic nitrogens is 2. The molecule has 2 atom stereocenters. The van der Waals surface area contributed by atoms with E-state index in [1.807, 2.05) is 26.0 Å². The molecule has 3 aromatic rings. The summed E-state index contributed by atoms with van der Waals surface area (Å²) in [6.45, 7) is 14.3. The highest BCUT2D eigenvalue weighted by molar-refractivity contribution is 7.70. The number of halogens is 1. The Morgan fingerprint density at radius 2 is 1.70 bits per heavy atom. The van der Waals surface area contributed by atoms with Crippen LogP contribution in [0, 0.1) is 13.8 Å². The molecule has 1 aromatic heterocycles. The molecule has 0 spiro atoms. The third-order valence-corrected chi connectivity index (χ3v) is 12.4. The Balaban J connectivity index is 1.19. The molecule has 11 heteroatoms. The maximum Gasteiger partial charge on any atom is 0.229 e. The highest BCUT2D eigenvalue weighted by atomic mass is 35.5. The highest BCUT2D eigenvalue weighted by Gasteiger charge is 2.40. The number of anilines is 5. The predicted octanol–water partition coefficient (Wildman–Crippen LogP) is 6.80. The SMILES string of the molecule is CCc1cc(Nc2ncc(Cl)c(Nc3ccc(C)c(C)c3P(C)(C)=O)n2)c(OC)cc1N1CCC(N2CC3CCC(C2)N3C)CC1. The van der Waals surface area contributed by atoms with E-state index in [4.69, 9.17) is 21.3 Å². The van der Waals surface area contributed by atoms with E-state index < -0.39 is 7.14 Å². The molecule has 0 aliphatic carbocycles. The van der Waals surface area contributed by atoms with Crippen LogP contribution in [0.1, 0.15) is 49.3 Å². The van der Waals surface area contributed by atoms with Crippen molar-refractivity contribution in [3.63, 3.8) is 0 Å². The van der Waals surface area contributed by atoms with Crippen molar-refractivity contribution >= 4 is 52.9 Å². The number of fused-ring (bicyclic) bond motifs is 2. The summed E-state index contributed by atoms with van der Waals surface area (Å²) in [5, 5.41) is 7.91. The molecule has 46 heavy (non-hydrogen) atoms. The first-order valence-corrected chi connectivity index (χ1v) is 19.6. The standard InChI is InChI=1S/C35H49ClN7O2P/c1-8-24-17-30(39-35-37-19-28(36)34(40-35)38-29-12-9-22(2)23(3)33(29)46(6,7)44)32(45-5)18-31(24)42-15-13-25(14-16-42)43-20-26-10-11-27(21-43)41(26)4/h9,12,17-19,25-27H,8,10-11,13-16,20-21H2,1-7H3,(H2,37,38,39,40). The molecule has 0 amide bonds. The van der Waals surface area contributed by atoms with Crippen LogP contribution >= 0.6 is 18.7 Å². The molecule has 9 nitrogen and oxygen atoms in total. The molecular weight excluding hydrogens is 617 g/mol. The predicted molar refractivity (Wildman–Crippen MR) is 192 cm³/mol. The quantitative estimate of drug-likeness (QED) is 0.240. The van der Waals surface area contributed by atoms with Gasteiger partial charge in [0.2, 0.25) is 5.95 Å². The molecule has 2 aromatic carbocycles. The molecule has 2 bridgehead atoms. The van der Waals surface area contributed by atoms with Crippen molar-refractivity contribution in [3.05, 3.63) is 52.2 Å². The zero-order valence-corrected chi connectivity index (χ0v) is 30.0. The number of nitrogens with zero attached hydrogens (tertiary/aromatic N) is 5. The van der Waals surface area contributed by atoms with Crippen LogP contribution in [0.25, 0.3) is 0 Å². The average molecular weight is 666 g/mol. The minimum atomic E-state index is -2.58. The molecule has 2 N–H and O–H groups in total. The van der Waals surface area contributed by atoms with Crippen LogP contribution < -0.4 is 25.6 Å². The summed E-state index contributed by atoms with van der Waals surface area (Å²) in [5.41, 5.74) is 6.14. The van der Waals surface area contributed by atoms with Gasteiger partial charge in [0.15, 0.2) is 5.82 Å². The molecule has 3 fully saturated rings. The number of hydrogen-bond acceptors (Lipinski definition) is 9. The number of hydrogen-bond donors (Lipinski definition) is 2. The minimum absolute atomic E-state index is 0.376. The summed E-state index contributed by atoms with van der Waals surface area (Å²) < 4.78 is 19.2. The largest absolute Gasteiger partial charge is 0.494 e. The average Bonchev–Trinajstić information content (AvgIpc) is 3.22. The topological polar surface area (TPSA) is 85.9 Å². The van der Waals surface area contributed by atoms with Crippen LogP contribution in [0.4, 0.5) is 28.8 Å². The minimum Gasteiger partial charge on any atom is -0.494 e. The zero-order valence-electron chi connectivity index (χ0n) is 28.4.